The third kappa shape index (κ3) is 2.31. The van der Waals surface area contributed by atoms with Crippen molar-refractivity contribution in [2.24, 2.45) is 0 Å². The van der Waals surface area contributed by atoms with Gasteiger partial charge in [-0.1, -0.05) is 30.4 Å². The lowest BCUT2D eigenvalue weighted by molar-refractivity contribution is 0.628. The third-order valence-corrected chi connectivity index (χ3v) is 3.50. The lowest BCUT2D eigenvalue weighted by atomic mass is 10.1. The van der Waals surface area contributed by atoms with E-state index in [2.05, 4.69) is 17.1 Å². The number of rotatable bonds is 2. The van der Waals surface area contributed by atoms with Gasteiger partial charge in [-0.3, -0.25) is 0 Å². The van der Waals surface area contributed by atoms with E-state index in [1.54, 1.807) is 23.5 Å². The summed E-state index contributed by atoms with van der Waals surface area (Å²) in [7, 11) is 0. The molecule has 0 amide bonds. The first kappa shape index (κ1) is 11.1. The van der Waals surface area contributed by atoms with Crippen LogP contribution in [0.2, 0.25) is 0 Å². The highest BCUT2D eigenvalue weighted by Crippen LogP contribution is 2.20. The van der Waals surface area contributed by atoms with Crippen molar-refractivity contribution in [1.29, 1.82) is 0 Å². The molecule has 0 N–H and O–H groups in total. The lowest BCUT2D eigenvalue weighted by Gasteiger charge is -1.95. The van der Waals surface area contributed by atoms with Crippen LogP contribution in [-0.2, 0) is 0 Å². The van der Waals surface area contributed by atoms with E-state index >= 15 is 0 Å². The molecule has 0 unspecified atom stereocenters. The quantitative estimate of drug-likeness (QED) is 0.609. The van der Waals surface area contributed by atoms with Crippen LogP contribution in [0.1, 0.15) is 11.1 Å². The van der Waals surface area contributed by atoms with Crippen molar-refractivity contribution >= 4 is 33.7 Å². The van der Waals surface area contributed by atoms with E-state index < -0.39 is 0 Å². The van der Waals surface area contributed by atoms with Crippen LogP contribution in [0.4, 0.5) is 4.39 Å². The molecule has 0 aliphatic rings. The molecule has 3 aromatic rings. The first-order valence-electron chi connectivity index (χ1n) is 5.58. The normalized spacial score (nSPS) is 11.4. The summed E-state index contributed by atoms with van der Waals surface area (Å²) in [6.07, 6.45) is 3.97. The summed E-state index contributed by atoms with van der Waals surface area (Å²) < 4.78 is 13.9. The summed E-state index contributed by atoms with van der Waals surface area (Å²) >= 11 is 1.64. The van der Waals surface area contributed by atoms with Gasteiger partial charge in [0, 0.05) is 0 Å². The lowest BCUT2D eigenvalue weighted by Crippen LogP contribution is -1.75. The molecule has 0 saturated heterocycles. The first-order valence-corrected chi connectivity index (χ1v) is 6.46. The molecule has 0 atom stereocenters. The maximum Gasteiger partial charge on any atom is 0.123 e. The molecule has 0 bridgehead atoms. The molecule has 0 aliphatic carbocycles. The van der Waals surface area contributed by atoms with Crippen molar-refractivity contribution in [3.8, 4) is 0 Å². The summed E-state index contributed by atoms with van der Waals surface area (Å²) in [5.41, 5.74) is 4.94. The standard InChI is InChI=1S/C15H10FNS/c16-13-6-3-11(4-7-13)1-2-12-5-8-15-14(9-12)17-10-18-15/h1-10H/b2-1+. The number of halogens is 1. The van der Waals surface area contributed by atoms with Crippen LogP contribution in [0.15, 0.2) is 48.0 Å². The van der Waals surface area contributed by atoms with E-state index in [4.69, 9.17) is 0 Å². The van der Waals surface area contributed by atoms with Crippen LogP contribution in [0.3, 0.4) is 0 Å². The van der Waals surface area contributed by atoms with Gasteiger partial charge in [0.25, 0.3) is 0 Å². The first-order chi connectivity index (χ1) is 8.81. The van der Waals surface area contributed by atoms with E-state index in [1.165, 1.54) is 16.8 Å². The molecule has 0 radical (unpaired) electrons. The molecule has 0 fully saturated rings. The van der Waals surface area contributed by atoms with Gasteiger partial charge in [0.1, 0.15) is 5.82 Å². The van der Waals surface area contributed by atoms with Crippen molar-refractivity contribution in [2.45, 2.75) is 0 Å². The Hall–Kier alpha value is -2.00. The minimum atomic E-state index is -0.212. The third-order valence-electron chi connectivity index (χ3n) is 2.69. The minimum absolute atomic E-state index is 0.212. The average molecular weight is 255 g/mol. The Morgan fingerprint density at radius 3 is 2.50 bits per heavy atom. The Kier molecular flexibility index (Phi) is 2.90. The largest absolute Gasteiger partial charge is 0.245 e. The van der Waals surface area contributed by atoms with Crippen molar-refractivity contribution in [1.82, 2.24) is 4.98 Å². The maximum atomic E-state index is 12.8. The number of nitrogens with zero attached hydrogens (tertiary/aromatic N) is 1. The number of fused-ring (bicyclic) bond motifs is 1. The van der Waals surface area contributed by atoms with E-state index in [1.807, 2.05) is 23.7 Å². The summed E-state index contributed by atoms with van der Waals surface area (Å²) in [5, 5.41) is 0. The molecular weight excluding hydrogens is 245 g/mol. The zero-order chi connectivity index (χ0) is 12.4. The fraction of sp³-hybridized carbons (Fsp3) is 0. The topological polar surface area (TPSA) is 12.9 Å². The Balaban J connectivity index is 1.88. The van der Waals surface area contributed by atoms with Crippen LogP contribution in [-0.4, -0.2) is 4.98 Å². The summed E-state index contributed by atoms with van der Waals surface area (Å²) in [6, 6.07) is 12.6. The van der Waals surface area contributed by atoms with Crippen LogP contribution >= 0.6 is 11.3 Å². The molecule has 1 heterocycles. The Bertz CT molecular complexity index is 698. The number of aromatic nitrogens is 1. The number of benzene rings is 2. The van der Waals surface area contributed by atoms with Gasteiger partial charge in [-0.15, -0.1) is 11.3 Å². The van der Waals surface area contributed by atoms with Gasteiger partial charge in [-0.05, 0) is 35.4 Å². The monoisotopic (exact) mass is 255 g/mol. The van der Waals surface area contributed by atoms with E-state index in [0.717, 1.165) is 16.6 Å². The highest BCUT2D eigenvalue weighted by atomic mass is 32.1. The second-order valence-electron chi connectivity index (χ2n) is 3.96. The predicted octanol–water partition coefficient (Wildman–Crippen LogP) is 4.61. The average Bonchev–Trinajstić information content (AvgIpc) is 2.85. The van der Waals surface area contributed by atoms with Gasteiger partial charge in [-0.25, -0.2) is 9.37 Å². The smallest absolute Gasteiger partial charge is 0.123 e. The summed E-state index contributed by atoms with van der Waals surface area (Å²) in [6.45, 7) is 0. The molecule has 0 aliphatic heterocycles. The van der Waals surface area contributed by atoms with E-state index in [-0.39, 0.29) is 5.82 Å². The van der Waals surface area contributed by atoms with E-state index in [9.17, 15) is 4.39 Å². The second-order valence-corrected chi connectivity index (χ2v) is 4.85. The van der Waals surface area contributed by atoms with Crippen LogP contribution in [0, 0.1) is 5.82 Å². The fourth-order valence-corrected chi connectivity index (χ4v) is 2.40. The van der Waals surface area contributed by atoms with Gasteiger partial charge in [0.2, 0.25) is 0 Å². The van der Waals surface area contributed by atoms with Crippen molar-refractivity contribution in [3.63, 3.8) is 0 Å². The number of hydrogen-bond donors (Lipinski definition) is 0. The van der Waals surface area contributed by atoms with Gasteiger partial charge in [0.15, 0.2) is 0 Å². The predicted molar refractivity (Wildman–Crippen MR) is 74.9 cm³/mol. The zero-order valence-electron chi connectivity index (χ0n) is 9.51. The Morgan fingerprint density at radius 1 is 0.944 bits per heavy atom. The van der Waals surface area contributed by atoms with Gasteiger partial charge < -0.3 is 0 Å². The second kappa shape index (κ2) is 4.70. The number of thiazole rings is 1. The Morgan fingerprint density at radius 2 is 1.67 bits per heavy atom. The highest BCUT2D eigenvalue weighted by molar-refractivity contribution is 7.16. The van der Waals surface area contributed by atoms with Crippen LogP contribution in [0.25, 0.3) is 22.4 Å². The Labute approximate surface area is 108 Å². The van der Waals surface area contributed by atoms with Crippen LogP contribution < -0.4 is 0 Å². The van der Waals surface area contributed by atoms with Crippen LogP contribution in [0.5, 0.6) is 0 Å². The molecule has 3 rings (SSSR count). The minimum Gasteiger partial charge on any atom is -0.245 e. The van der Waals surface area contributed by atoms with Crippen molar-refractivity contribution in [3.05, 3.63) is 64.9 Å². The number of hydrogen-bond acceptors (Lipinski definition) is 2. The van der Waals surface area contributed by atoms with E-state index in [0.29, 0.717) is 0 Å². The van der Waals surface area contributed by atoms with Gasteiger partial charge in [0.05, 0.1) is 15.7 Å². The molecule has 2 aromatic carbocycles. The van der Waals surface area contributed by atoms with Gasteiger partial charge >= 0.3 is 0 Å². The molecule has 1 nitrogen and oxygen atoms in total. The summed E-state index contributed by atoms with van der Waals surface area (Å²) in [4.78, 5) is 4.28. The van der Waals surface area contributed by atoms with Gasteiger partial charge in [-0.2, -0.15) is 0 Å². The molecule has 0 saturated carbocycles. The molecule has 3 heteroatoms. The van der Waals surface area contributed by atoms with Crippen molar-refractivity contribution < 1.29 is 4.39 Å². The maximum absolute atomic E-state index is 12.8. The SMILES string of the molecule is Fc1ccc(/C=C/c2ccc3scnc3c2)cc1. The molecule has 0 spiro atoms. The molecule has 18 heavy (non-hydrogen) atoms. The molecule has 88 valence electrons. The highest BCUT2D eigenvalue weighted by Gasteiger charge is 1.96. The zero-order valence-corrected chi connectivity index (χ0v) is 10.3. The van der Waals surface area contributed by atoms with Crippen molar-refractivity contribution in [2.75, 3.05) is 0 Å². The molecular formula is C15H10FNS. The summed E-state index contributed by atoms with van der Waals surface area (Å²) in [5.74, 6) is -0.212. The molecule has 1 aromatic heterocycles. The fourth-order valence-electron chi connectivity index (χ4n) is 1.74.